The zero-order chi connectivity index (χ0) is 25.5. The van der Waals surface area contributed by atoms with Gasteiger partial charge in [0.25, 0.3) is 0 Å². The van der Waals surface area contributed by atoms with Crippen molar-refractivity contribution in [2.45, 2.75) is 70.0 Å². The number of fused-ring (bicyclic) bond motifs is 3. The molecular formula is C26H30N2O8. The van der Waals surface area contributed by atoms with Gasteiger partial charge in [0.1, 0.15) is 36.8 Å². The van der Waals surface area contributed by atoms with E-state index in [4.69, 9.17) is 33.2 Å². The first-order chi connectivity index (χ1) is 17.1. The molecule has 3 aliphatic heterocycles. The number of methoxy groups -OCH3 is 1. The maximum atomic E-state index is 12.7. The summed E-state index contributed by atoms with van der Waals surface area (Å²) in [5.41, 5.74) is 1.68. The third kappa shape index (κ3) is 5.28. The molecule has 3 heterocycles. The highest BCUT2D eigenvalue weighted by molar-refractivity contribution is 5.89. The zero-order valence-electron chi connectivity index (χ0n) is 20.9. The van der Waals surface area contributed by atoms with Crippen LogP contribution >= 0.6 is 0 Å². The first-order valence-electron chi connectivity index (χ1n) is 11.8. The number of hydrogen-bond acceptors (Lipinski definition) is 10. The monoisotopic (exact) mass is 498 g/mol. The molecule has 0 saturated carbocycles. The predicted molar refractivity (Wildman–Crippen MR) is 126 cm³/mol. The Kier molecular flexibility index (Phi) is 6.56. The summed E-state index contributed by atoms with van der Waals surface area (Å²) in [4.78, 5) is 12.7. The molecule has 5 atom stereocenters. The van der Waals surface area contributed by atoms with Gasteiger partial charge in [-0.2, -0.15) is 10.2 Å². The van der Waals surface area contributed by atoms with E-state index in [1.54, 1.807) is 43.5 Å². The molecule has 192 valence electrons. The van der Waals surface area contributed by atoms with Gasteiger partial charge >= 0.3 is 5.97 Å². The summed E-state index contributed by atoms with van der Waals surface area (Å²) in [5.74, 6) is -1.37. The molecule has 0 amide bonds. The van der Waals surface area contributed by atoms with Gasteiger partial charge in [-0.25, -0.2) is 4.79 Å². The van der Waals surface area contributed by atoms with Gasteiger partial charge in [0.2, 0.25) is 0 Å². The van der Waals surface area contributed by atoms with E-state index in [1.165, 1.54) is 0 Å². The first-order valence-corrected chi connectivity index (χ1v) is 11.8. The van der Waals surface area contributed by atoms with Crippen LogP contribution in [0.5, 0.6) is 5.75 Å². The minimum Gasteiger partial charge on any atom is -0.497 e. The van der Waals surface area contributed by atoms with E-state index in [1.807, 2.05) is 39.8 Å². The molecule has 0 bridgehead atoms. The van der Waals surface area contributed by atoms with Crippen molar-refractivity contribution in [1.29, 1.82) is 0 Å². The molecule has 36 heavy (non-hydrogen) atoms. The summed E-state index contributed by atoms with van der Waals surface area (Å²) < 4.78 is 40.8. The highest BCUT2D eigenvalue weighted by Crippen LogP contribution is 2.44. The zero-order valence-corrected chi connectivity index (χ0v) is 20.9. The highest BCUT2D eigenvalue weighted by atomic mass is 16.9. The Bertz CT molecular complexity index is 1120. The van der Waals surface area contributed by atoms with Crippen molar-refractivity contribution in [2.24, 2.45) is 10.2 Å². The number of esters is 1. The fourth-order valence-corrected chi connectivity index (χ4v) is 4.50. The van der Waals surface area contributed by atoms with Crippen molar-refractivity contribution in [3.63, 3.8) is 0 Å². The number of carbonyl (C=O) groups is 1. The Morgan fingerprint density at radius 1 is 0.806 bits per heavy atom. The summed E-state index contributed by atoms with van der Waals surface area (Å²) in [6.07, 6.45) is -2.51. The molecule has 0 spiro atoms. The van der Waals surface area contributed by atoms with Crippen molar-refractivity contribution < 1.29 is 38.0 Å². The molecule has 10 heteroatoms. The Morgan fingerprint density at radius 3 is 2.00 bits per heavy atom. The number of rotatable bonds is 6. The van der Waals surface area contributed by atoms with E-state index in [9.17, 15) is 4.79 Å². The fraction of sp³-hybridized carbons (Fsp3) is 0.500. The number of ether oxygens (including phenoxy) is 7. The summed E-state index contributed by atoms with van der Waals surface area (Å²) in [6.45, 7) is 7.28. The lowest BCUT2D eigenvalue weighted by Gasteiger charge is -2.36. The third-order valence-electron chi connectivity index (χ3n) is 6.09. The second-order valence-corrected chi connectivity index (χ2v) is 9.75. The van der Waals surface area contributed by atoms with Crippen LogP contribution in [0.15, 0.2) is 58.8 Å². The van der Waals surface area contributed by atoms with Crippen molar-refractivity contribution in [3.05, 3.63) is 54.1 Å². The molecule has 0 aliphatic carbocycles. The number of carbonyl (C=O) groups excluding carboxylic acids is 1. The maximum absolute atomic E-state index is 12.7. The summed E-state index contributed by atoms with van der Waals surface area (Å²) in [7, 11) is 1.61. The number of azo groups is 1. The van der Waals surface area contributed by atoms with Gasteiger partial charge in [-0.15, -0.1) is 0 Å². The number of benzene rings is 2. The van der Waals surface area contributed by atoms with Crippen LogP contribution < -0.4 is 4.74 Å². The van der Waals surface area contributed by atoms with Gasteiger partial charge in [-0.3, -0.25) is 0 Å². The normalized spacial score (nSPS) is 30.1. The van der Waals surface area contributed by atoms with Crippen LogP contribution in [0.4, 0.5) is 11.4 Å². The maximum Gasteiger partial charge on any atom is 0.338 e. The molecule has 10 nitrogen and oxygen atoms in total. The molecular weight excluding hydrogens is 468 g/mol. The average molecular weight is 499 g/mol. The summed E-state index contributed by atoms with van der Waals surface area (Å²) in [5, 5.41) is 8.39. The molecule has 5 rings (SSSR count). The van der Waals surface area contributed by atoms with E-state index in [-0.39, 0.29) is 6.61 Å². The number of hydrogen-bond donors (Lipinski definition) is 0. The Labute approximate surface area is 209 Å². The minimum atomic E-state index is -0.817. The van der Waals surface area contributed by atoms with Gasteiger partial charge in [0, 0.05) is 0 Å². The fourth-order valence-electron chi connectivity index (χ4n) is 4.50. The van der Waals surface area contributed by atoms with E-state index in [0.29, 0.717) is 16.9 Å². The molecule has 0 radical (unpaired) electrons. The lowest BCUT2D eigenvalue weighted by molar-refractivity contribution is -0.240. The van der Waals surface area contributed by atoms with Crippen molar-refractivity contribution in [3.8, 4) is 5.75 Å². The van der Waals surface area contributed by atoms with Crippen LogP contribution in [-0.4, -0.2) is 62.0 Å². The van der Waals surface area contributed by atoms with Gasteiger partial charge < -0.3 is 33.2 Å². The standard InChI is InChI=1S/C26H30N2O8/c1-25(2)33-20-19(32-24-22(21(20)34-25)35-26(3,4)36-24)14-31-23(29)15-6-8-16(9-7-15)27-28-17-10-12-18(30-5)13-11-17/h6-13,19-22,24H,14H2,1-5H3/t19-,20-,21+,22-,24?/m1/s1. The lowest BCUT2D eigenvalue weighted by atomic mass is 9.99. The van der Waals surface area contributed by atoms with Crippen molar-refractivity contribution in [2.75, 3.05) is 13.7 Å². The molecule has 3 fully saturated rings. The van der Waals surface area contributed by atoms with E-state index < -0.39 is 48.2 Å². The van der Waals surface area contributed by atoms with Crippen molar-refractivity contribution >= 4 is 17.3 Å². The lowest BCUT2D eigenvalue weighted by Crippen LogP contribution is -2.56. The molecule has 0 aromatic heterocycles. The molecule has 2 aromatic rings. The van der Waals surface area contributed by atoms with Gasteiger partial charge in [-0.05, 0) is 76.2 Å². The second kappa shape index (κ2) is 9.53. The van der Waals surface area contributed by atoms with E-state index in [0.717, 1.165) is 5.75 Å². The molecule has 0 N–H and O–H groups in total. The third-order valence-corrected chi connectivity index (χ3v) is 6.09. The Morgan fingerprint density at radius 2 is 1.36 bits per heavy atom. The SMILES string of the molecule is COc1ccc(N=Nc2ccc(C(=O)OC[C@H]3OC4OC(C)(C)O[C@@H]4[C@H]4OC(C)(C)O[C@@H]43)cc2)cc1. The summed E-state index contributed by atoms with van der Waals surface area (Å²) >= 11 is 0. The van der Waals surface area contributed by atoms with Crippen LogP contribution in [0.2, 0.25) is 0 Å². The summed E-state index contributed by atoms with van der Waals surface area (Å²) in [6, 6.07) is 13.9. The molecule has 3 saturated heterocycles. The quantitative estimate of drug-likeness (QED) is 0.418. The predicted octanol–water partition coefficient (Wildman–Crippen LogP) is 4.66. The van der Waals surface area contributed by atoms with Crippen LogP contribution in [-0.2, 0) is 28.4 Å². The molecule has 2 aromatic carbocycles. The first kappa shape index (κ1) is 24.8. The van der Waals surface area contributed by atoms with Crippen LogP contribution in [0.25, 0.3) is 0 Å². The smallest absolute Gasteiger partial charge is 0.338 e. The van der Waals surface area contributed by atoms with Gasteiger partial charge in [0.05, 0.1) is 24.0 Å². The second-order valence-electron chi connectivity index (χ2n) is 9.75. The van der Waals surface area contributed by atoms with Crippen molar-refractivity contribution in [1.82, 2.24) is 0 Å². The molecule has 3 aliphatic rings. The highest BCUT2D eigenvalue weighted by Gasteiger charge is 2.60. The van der Waals surface area contributed by atoms with E-state index in [2.05, 4.69) is 10.2 Å². The molecule has 1 unspecified atom stereocenters. The topological polar surface area (TPSA) is 106 Å². The van der Waals surface area contributed by atoms with Crippen LogP contribution in [0, 0.1) is 0 Å². The Hall–Kier alpha value is -2.89. The van der Waals surface area contributed by atoms with Crippen LogP contribution in [0.3, 0.4) is 0 Å². The Balaban J connectivity index is 1.20. The minimum absolute atomic E-state index is 0.0224. The van der Waals surface area contributed by atoms with Gasteiger partial charge in [-0.1, -0.05) is 0 Å². The van der Waals surface area contributed by atoms with Crippen LogP contribution in [0.1, 0.15) is 38.1 Å². The number of nitrogens with zero attached hydrogens (tertiary/aromatic N) is 2. The largest absolute Gasteiger partial charge is 0.497 e. The van der Waals surface area contributed by atoms with Gasteiger partial charge in [0.15, 0.2) is 17.9 Å². The van der Waals surface area contributed by atoms with E-state index >= 15 is 0 Å². The average Bonchev–Trinajstić information content (AvgIpc) is 3.35.